The van der Waals surface area contributed by atoms with Crippen LogP contribution in [0.1, 0.15) is 29.8 Å². The van der Waals surface area contributed by atoms with E-state index < -0.39 is 6.09 Å². The third kappa shape index (κ3) is 6.18. The second kappa shape index (κ2) is 12.0. The van der Waals surface area contributed by atoms with Crippen LogP contribution in [0.5, 0.6) is 5.75 Å². The zero-order valence-electron chi connectivity index (χ0n) is 21.5. The number of likely N-dealkylation sites (N-methyl/N-ethyl adjacent to an activating group) is 1. The molecule has 37 heavy (non-hydrogen) atoms. The van der Waals surface area contributed by atoms with Crippen LogP contribution in [0.4, 0.5) is 4.79 Å². The number of rotatable bonds is 5. The van der Waals surface area contributed by atoms with Crippen molar-refractivity contribution in [2.75, 3.05) is 26.7 Å². The summed E-state index contributed by atoms with van der Waals surface area (Å²) in [6, 6.07) is 24.0. The second-order valence-corrected chi connectivity index (χ2v) is 9.58. The van der Waals surface area contributed by atoms with Gasteiger partial charge in [-0.1, -0.05) is 67.6 Å². The molecule has 1 heterocycles. The van der Waals surface area contributed by atoms with Gasteiger partial charge in [0.05, 0.1) is 31.9 Å². The summed E-state index contributed by atoms with van der Waals surface area (Å²) < 4.78 is 11.9. The lowest BCUT2D eigenvalue weighted by molar-refractivity contribution is -0.0205. The van der Waals surface area contributed by atoms with Crippen LogP contribution < -0.4 is 4.74 Å². The Bertz CT molecular complexity index is 1220. The molecule has 1 aliphatic rings. The Morgan fingerprint density at radius 2 is 1.65 bits per heavy atom. The van der Waals surface area contributed by atoms with E-state index in [1.165, 1.54) is 4.90 Å². The molecule has 3 aromatic rings. The minimum absolute atomic E-state index is 0.137. The molecule has 0 saturated heterocycles. The molecule has 7 heteroatoms. The van der Waals surface area contributed by atoms with Crippen molar-refractivity contribution in [2.45, 2.75) is 32.6 Å². The third-order valence-corrected chi connectivity index (χ3v) is 6.81. The lowest BCUT2D eigenvalue weighted by Gasteiger charge is -2.35. The van der Waals surface area contributed by atoms with Crippen LogP contribution in [-0.2, 0) is 11.3 Å². The predicted octanol–water partition coefficient (Wildman–Crippen LogP) is 4.84. The number of hydrogen-bond donors (Lipinski definition) is 1. The quantitative estimate of drug-likeness (QED) is 0.540. The largest absolute Gasteiger partial charge is 0.415 e. The molecule has 0 spiro atoms. The lowest BCUT2D eigenvalue weighted by Crippen LogP contribution is -2.47. The van der Waals surface area contributed by atoms with Gasteiger partial charge in [0.1, 0.15) is 5.75 Å². The fraction of sp³-hybridized carbons (Fsp3) is 0.333. The topological polar surface area (TPSA) is 79.3 Å². The molecule has 7 nitrogen and oxygen atoms in total. The average Bonchev–Trinajstić information content (AvgIpc) is 2.94. The summed E-state index contributed by atoms with van der Waals surface area (Å²) in [6.45, 7) is 4.63. The van der Waals surface area contributed by atoms with E-state index >= 15 is 0 Å². The molecule has 3 atom stereocenters. The minimum Gasteiger partial charge on any atom is -0.410 e. The van der Waals surface area contributed by atoms with Crippen molar-refractivity contribution in [3.8, 4) is 16.9 Å². The van der Waals surface area contributed by atoms with Crippen molar-refractivity contribution in [2.24, 2.45) is 5.92 Å². The van der Waals surface area contributed by atoms with Crippen LogP contribution in [0.3, 0.4) is 0 Å². The molecule has 0 fully saturated rings. The van der Waals surface area contributed by atoms with Crippen molar-refractivity contribution < 1.29 is 24.2 Å². The molecule has 0 radical (unpaired) electrons. The summed E-state index contributed by atoms with van der Waals surface area (Å²) in [7, 11) is 1.68. The van der Waals surface area contributed by atoms with E-state index in [4.69, 9.17) is 9.47 Å². The monoisotopic (exact) mass is 502 g/mol. The van der Waals surface area contributed by atoms with Gasteiger partial charge in [-0.05, 0) is 41.8 Å². The Kier molecular flexibility index (Phi) is 8.58. The van der Waals surface area contributed by atoms with Gasteiger partial charge in [0.25, 0.3) is 5.91 Å². The van der Waals surface area contributed by atoms with Gasteiger partial charge < -0.3 is 24.4 Å². The Morgan fingerprint density at radius 3 is 2.35 bits per heavy atom. The standard InChI is InChI=1S/C30H34N2O5/c1-21-17-32(22(2)19-33)29(34)27-16-10-9-15-26(27)25-14-8-7-11-23(25)20-36-28(21)18-31(3)30(35)37-24-12-5-4-6-13-24/h4-16,21-22,28,33H,17-20H2,1-3H3/t21-,22+,28+/m0/s1. The molecular formula is C30H34N2O5. The normalized spacial score (nSPS) is 18.7. The Balaban J connectivity index is 1.66. The van der Waals surface area contributed by atoms with Gasteiger partial charge in [-0.3, -0.25) is 4.79 Å². The first kappa shape index (κ1) is 26.4. The number of carbonyl (C=O) groups is 2. The maximum Gasteiger partial charge on any atom is 0.415 e. The van der Waals surface area contributed by atoms with E-state index in [0.29, 0.717) is 24.5 Å². The summed E-state index contributed by atoms with van der Waals surface area (Å²) in [4.78, 5) is 29.8. The number of nitrogens with zero attached hydrogens (tertiary/aromatic N) is 2. The fourth-order valence-corrected chi connectivity index (χ4v) is 4.56. The number of para-hydroxylation sites is 1. The summed E-state index contributed by atoms with van der Waals surface area (Å²) in [6.07, 6.45) is -0.871. The highest BCUT2D eigenvalue weighted by molar-refractivity contribution is 6.01. The molecule has 0 aliphatic carbocycles. The van der Waals surface area contributed by atoms with E-state index in [2.05, 4.69) is 0 Å². The summed E-state index contributed by atoms with van der Waals surface area (Å²) in [5.41, 5.74) is 3.30. The Labute approximate surface area is 218 Å². The smallest absolute Gasteiger partial charge is 0.410 e. The maximum atomic E-state index is 13.9. The molecule has 1 N–H and O–H groups in total. The SMILES string of the molecule is C[C@H](CO)N1C[C@H](C)[C@@H](CN(C)C(=O)Oc2ccccc2)OCc2ccccc2-c2ccccc2C1=O. The average molecular weight is 503 g/mol. The van der Waals surface area contributed by atoms with Crippen molar-refractivity contribution in [1.82, 2.24) is 9.80 Å². The molecule has 3 aromatic carbocycles. The van der Waals surface area contributed by atoms with Gasteiger partial charge >= 0.3 is 6.09 Å². The van der Waals surface area contributed by atoms with Gasteiger partial charge in [-0.25, -0.2) is 4.79 Å². The molecule has 0 unspecified atom stereocenters. The molecule has 2 amide bonds. The van der Waals surface area contributed by atoms with Crippen LogP contribution in [-0.4, -0.2) is 65.8 Å². The summed E-state index contributed by atoms with van der Waals surface area (Å²) in [5.74, 6) is 0.189. The van der Waals surface area contributed by atoms with Crippen LogP contribution in [0, 0.1) is 5.92 Å². The molecular weight excluding hydrogens is 468 g/mol. The van der Waals surface area contributed by atoms with Crippen molar-refractivity contribution in [1.29, 1.82) is 0 Å². The zero-order chi connectivity index (χ0) is 26.4. The number of fused-ring (bicyclic) bond motifs is 3. The van der Waals surface area contributed by atoms with E-state index in [0.717, 1.165) is 16.7 Å². The number of carbonyl (C=O) groups excluding carboxylic acids is 2. The number of ether oxygens (including phenoxy) is 2. The van der Waals surface area contributed by atoms with Crippen molar-refractivity contribution in [3.63, 3.8) is 0 Å². The number of aliphatic hydroxyl groups is 1. The van der Waals surface area contributed by atoms with Crippen molar-refractivity contribution in [3.05, 3.63) is 90.0 Å². The predicted molar refractivity (Wildman–Crippen MR) is 142 cm³/mol. The van der Waals surface area contributed by atoms with Gasteiger partial charge in [-0.15, -0.1) is 0 Å². The highest BCUT2D eigenvalue weighted by atomic mass is 16.6. The van der Waals surface area contributed by atoms with E-state index in [9.17, 15) is 14.7 Å². The van der Waals surface area contributed by atoms with Gasteiger partial charge in [-0.2, -0.15) is 0 Å². The summed E-state index contributed by atoms with van der Waals surface area (Å²) >= 11 is 0. The van der Waals surface area contributed by atoms with Crippen molar-refractivity contribution >= 4 is 12.0 Å². The molecule has 0 aromatic heterocycles. The maximum absolute atomic E-state index is 13.9. The zero-order valence-corrected chi connectivity index (χ0v) is 21.5. The summed E-state index contributed by atoms with van der Waals surface area (Å²) in [5, 5.41) is 9.97. The van der Waals surface area contributed by atoms with E-state index in [1.54, 1.807) is 36.2 Å². The van der Waals surface area contributed by atoms with Gasteiger partial charge in [0.15, 0.2) is 0 Å². The van der Waals surface area contributed by atoms with Crippen LogP contribution >= 0.6 is 0 Å². The first-order valence-electron chi connectivity index (χ1n) is 12.6. The number of hydrogen-bond acceptors (Lipinski definition) is 5. The van der Waals surface area contributed by atoms with Crippen LogP contribution in [0.2, 0.25) is 0 Å². The Morgan fingerprint density at radius 1 is 1.03 bits per heavy atom. The minimum atomic E-state index is -0.485. The molecule has 194 valence electrons. The van der Waals surface area contributed by atoms with Gasteiger partial charge in [0, 0.05) is 25.1 Å². The van der Waals surface area contributed by atoms with Gasteiger partial charge in [0.2, 0.25) is 0 Å². The third-order valence-electron chi connectivity index (χ3n) is 6.81. The van der Waals surface area contributed by atoms with Crippen LogP contribution in [0.25, 0.3) is 11.1 Å². The number of amides is 2. The van der Waals surface area contributed by atoms with Crippen LogP contribution in [0.15, 0.2) is 78.9 Å². The fourth-order valence-electron chi connectivity index (χ4n) is 4.56. The molecule has 4 rings (SSSR count). The second-order valence-electron chi connectivity index (χ2n) is 9.58. The number of benzene rings is 3. The van der Waals surface area contributed by atoms with E-state index in [1.807, 2.05) is 68.4 Å². The van der Waals surface area contributed by atoms with E-state index in [-0.39, 0.29) is 37.1 Å². The molecule has 1 aliphatic heterocycles. The molecule has 0 bridgehead atoms. The Hall–Kier alpha value is -3.68. The first-order chi connectivity index (χ1) is 17.9. The lowest BCUT2D eigenvalue weighted by atomic mass is 9.94. The first-order valence-corrected chi connectivity index (χ1v) is 12.6. The number of aliphatic hydroxyl groups excluding tert-OH is 1. The highest BCUT2D eigenvalue weighted by Gasteiger charge is 2.31. The highest BCUT2D eigenvalue weighted by Crippen LogP contribution is 2.31. The molecule has 0 saturated carbocycles.